The summed E-state index contributed by atoms with van der Waals surface area (Å²) in [4.78, 5) is 23.3. The van der Waals surface area contributed by atoms with E-state index in [-0.39, 0.29) is 34.0 Å². The Labute approximate surface area is 142 Å². The van der Waals surface area contributed by atoms with E-state index < -0.39 is 10.8 Å². The van der Waals surface area contributed by atoms with Gasteiger partial charge in [-0.3, -0.25) is 14.9 Å². The molecule has 1 atom stereocenters. The normalized spacial score (nSPS) is 16.0. The number of fused-ring (bicyclic) bond motifs is 1. The van der Waals surface area contributed by atoms with Gasteiger partial charge in [-0.1, -0.05) is 12.1 Å². The third kappa shape index (κ3) is 2.52. The van der Waals surface area contributed by atoms with Crippen LogP contribution in [0.15, 0.2) is 46.6 Å². The molecule has 0 spiro atoms. The van der Waals surface area contributed by atoms with Crippen molar-refractivity contribution >= 4 is 5.69 Å². The zero-order chi connectivity index (χ0) is 18.3. The highest BCUT2D eigenvalue weighted by atomic mass is 16.6. The Morgan fingerprint density at radius 1 is 1.40 bits per heavy atom. The summed E-state index contributed by atoms with van der Waals surface area (Å²) < 4.78 is 6.90. The maximum absolute atomic E-state index is 12.8. The van der Waals surface area contributed by atoms with Gasteiger partial charge in [-0.25, -0.2) is 0 Å². The summed E-state index contributed by atoms with van der Waals surface area (Å²) in [7, 11) is 1.61. The fourth-order valence-corrected chi connectivity index (χ4v) is 2.89. The van der Waals surface area contributed by atoms with Crippen LogP contribution in [0.2, 0.25) is 0 Å². The molecule has 126 valence electrons. The topological polar surface area (TPSA) is 124 Å². The standard InChI is InChI=1S/C17H14N4O4/c1-9-6-13-15(17(22)20(9)2)14(12(8-18)16(19)25-13)10-4-3-5-11(7-10)21(23)24/h3-7,14H,19H2,1-2H3/t14-/m0/s1. The number of rotatable bonds is 2. The molecule has 8 nitrogen and oxygen atoms in total. The van der Waals surface area contributed by atoms with Crippen molar-refractivity contribution in [3.8, 4) is 11.8 Å². The number of nitrogens with two attached hydrogens (primary N) is 1. The lowest BCUT2D eigenvalue weighted by molar-refractivity contribution is -0.384. The van der Waals surface area contributed by atoms with Crippen molar-refractivity contribution in [3.05, 3.63) is 79.1 Å². The van der Waals surface area contributed by atoms with Gasteiger partial charge in [-0.2, -0.15) is 5.26 Å². The van der Waals surface area contributed by atoms with Gasteiger partial charge in [0.25, 0.3) is 11.2 Å². The first-order chi connectivity index (χ1) is 11.8. The number of nitro benzene ring substituents is 1. The average Bonchev–Trinajstić information content (AvgIpc) is 2.58. The Kier molecular flexibility index (Phi) is 3.77. The summed E-state index contributed by atoms with van der Waals surface area (Å²) in [6.45, 7) is 1.74. The van der Waals surface area contributed by atoms with Gasteiger partial charge in [0.2, 0.25) is 5.88 Å². The van der Waals surface area contributed by atoms with Crippen LogP contribution in [0.4, 0.5) is 5.69 Å². The van der Waals surface area contributed by atoms with Crippen LogP contribution < -0.4 is 16.0 Å². The highest BCUT2D eigenvalue weighted by molar-refractivity contribution is 5.56. The minimum absolute atomic E-state index is 0.0500. The van der Waals surface area contributed by atoms with Gasteiger partial charge in [0, 0.05) is 30.9 Å². The quantitative estimate of drug-likeness (QED) is 0.658. The van der Waals surface area contributed by atoms with Gasteiger partial charge in [-0.15, -0.1) is 0 Å². The van der Waals surface area contributed by atoms with Gasteiger partial charge in [0.1, 0.15) is 17.4 Å². The van der Waals surface area contributed by atoms with E-state index >= 15 is 0 Å². The van der Waals surface area contributed by atoms with Gasteiger partial charge in [0.15, 0.2) is 0 Å². The smallest absolute Gasteiger partial charge is 0.269 e. The number of hydrogen-bond acceptors (Lipinski definition) is 6. The van der Waals surface area contributed by atoms with E-state index in [0.29, 0.717) is 11.3 Å². The van der Waals surface area contributed by atoms with Crippen molar-refractivity contribution in [2.75, 3.05) is 0 Å². The van der Waals surface area contributed by atoms with Gasteiger partial charge in [0.05, 0.1) is 16.4 Å². The Morgan fingerprint density at radius 2 is 2.12 bits per heavy atom. The average molecular weight is 338 g/mol. The molecule has 8 heteroatoms. The van der Waals surface area contributed by atoms with Crippen molar-refractivity contribution in [2.24, 2.45) is 12.8 Å². The lowest BCUT2D eigenvalue weighted by Crippen LogP contribution is -2.31. The Balaban J connectivity index is 2.34. The van der Waals surface area contributed by atoms with Crippen molar-refractivity contribution in [1.82, 2.24) is 4.57 Å². The molecule has 1 aliphatic rings. The molecule has 2 heterocycles. The van der Waals surface area contributed by atoms with Crippen molar-refractivity contribution < 1.29 is 9.66 Å². The number of nitro groups is 1. The first-order valence-electron chi connectivity index (χ1n) is 7.37. The molecule has 0 unspecified atom stereocenters. The molecule has 1 aliphatic heterocycles. The maximum atomic E-state index is 12.8. The molecule has 1 aromatic heterocycles. The second kappa shape index (κ2) is 5.79. The summed E-state index contributed by atoms with van der Waals surface area (Å²) in [6, 6.07) is 9.43. The minimum atomic E-state index is -0.826. The number of aromatic nitrogens is 1. The van der Waals surface area contributed by atoms with E-state index in [1.807, 2.05) is 6.07 Å². The SMILES string of the molecule is Cc1cc2c(c(=O)n1C)[C@@H](c1cccc([N+](=O)[O-])c1)C(C#N)=C(N)O2. The second-order valence-electron chi connectivity index (χ2n) is 5.70. The van der Waals surface area contributed by atoms with Gasteiger partial charge in [-0.05, 0) is 12.5 Å². The van der Waals surface area contributed by atoms with Crippen molar-refractivity contribution in [1.29, 1.82) is 5.26 Å². The highest BCUT2D eigenvalue weighted by Crippen LogP contribution is 2.41. The van der Waals surface area contributed by atoms with Crippen LogP contribution in [-0.4, -0.2) is 9.49 Å². The van der Waals surface area contributed by atoms with E-state index in [1.165, 1.54) is 22.8 Å². The highest BCUT2D eigenvalue weighted by Gasteiger charge is 2.34. The first kappa shape index (κ1) is 16.3. The molecule has 3 rings (SSSR count). The predicted molar refractivity (Wildman–Crippen MR) is 88.8 cm³/mol. The molecule has 0 bridgehead atoms. The number of ether oxygens (including phenoxy) is 1. The number of pyridine rings is 1. The number of non-ortho nitro benzene ring substituents is 1. The Morgan fingerprint density at radius 3 is 2.76 bits per heavy atom. The van der Waals surface area contributed by atoms with Crippen LogP contribution in [0.5, 0.6) is 5.75 Å². The van der Waals surface area contributed by atoms with Gasteiger partial charge >= 0.3 is 0 Å². The number of nitriles is 1. The van der Waals surface area contributed by atoms with Crippen molar-refractivity contribution in [2.45, 2.75) is 12.8 Å². The first-order valence-corrected chi connectivity index (χ1v) is 7.37. The minimum Gasteiger partial charge on any atom is -0.440 e. The van der Waals surface area contributed by atoms with E-state index in [9.17, 15) is 20.2 Å². The number of hydrogen-bond donors (Lipinski definition) is 1. The van der Waals surface area contributed by atoms with Crippen LogP contribution in [0.1, 0.15) is 22.7 Å². The molecule has 0 aliphatic carbocycles. The maximum Gasteiger partial charge on any atom is 0.269 e. The zero-order valence-electron chi connectivity index (χ0n) is 13.5. The predicted octanol–water partition coefficient (Wildman–Crippen LogP) is 1.82. The molecule has 0 saturated heterocycles. The molecular formula is C17H14N4O4. The molecule has 25 heavy (non-hydrogen) atoms. The van der Waals surface area contributed by atoms with E-state index in [1.54, 1.807) is 26.1 Å². The van der Waals surface area contributed by atoms with E-state index in [2.05, 4.69) is 0 Å². The monoisotopic (exact) mass is 338 g/mol. The molecule has 0 amide bonds. The van der Waals surface area contributed by atoms with E-state index in [4.69, 9.17) is 10.5 Å². The lowest BCUT2D eigenvalue weighted by atomic mass is 9.84. The van der Waals surface area contributed by atoms with Crippen LogP contribution in [0.3, 0.4) is 0 Å². The molecule has 0 saturated carbocycles. The third-order valence-electron chi connectivity index (χ3n) is 4.27. The van der Waals surface area contributed by atoms with Crippen LogP contribution in [-0.2, 0) is 7.05 Å². The second-order valence-corrected chi connectivity index (χ2v) is 5.70. The largest absolute Gasteiger partial charge is 0.440 e. The summed E-state index contributed by atoms with van der Waals surface area (Å²) in [5, 5.41) is 20.6. The summed E-state index contributed by atoms with van der Waals surface area (Å²) in [5.41, 5.74) is 6.76. The molecule has 2 aromatic rings. The fraction of sp³-hybridized carbons (Fsp3) is 0.176. The van der Waals surface area contributed by atoms with E-state index in [0.717, 1.165) is 0 Å². The summed E-state index contributed by atoms with van der Waals surface area (Å²) in [6.07, 6.45) is 0. The zero-order valence-corrected chi connectivity index (χ0v) is 13.5. The fourth-order valence-electron chi connectivity index (χ4n) is 2.89. The summed E-state index contributed by atoms with van der Waals surface area (Å²) >= 11 is 0. The lowest BCUT2D eigenvalue weighted by Gasteiger charge is -2.26. The number of aryl methyl sites for hydroxylation is 1. The molecule has 0 fully saturated rings. The van der Waals surface area contributed by atoms with Crippen molar-refractivity contribution in [3.63, 3.8) is 0 Å². The summed E-state index contributed by atoms with van der Waals surface area (Å²) in [5.74, 6) is -0.680. The number of allylic oxidation sites excluding steroid dienone is 1. The number of benzene rings is 1. The Bertz CT molecular complexity index is 1030. The molecular weight excluding hydrogens is 324 g/mol. The number of nitrogens with zero attached hydrogens (tertiary/aromatic N) is 3. The van der Waals surface area contributed by atoms with Crippen LogP contribution in [0.25, 0.3) is 0 Å². The van der Waals surface area contributed by atoms with Crippen LogP contribution >= 0.6 is 0 Å². The third-order valence-corrected chi connectivity index (χ3v) is 4.27. The van der Waals surface area contributed by atoms with Crippen LogP contribution in [0, 0.1) is 28.4 Å². The molecule has 1 aromatic carbocycles. The molecule has 2 N–H and O–H groups in total. The molecule has 0 radical (unpaired) electrons. The Hall–Kier alpha value is -3.60. The van der Waals surface area contributed by atoms with Gasteiger partial charge < -0.3 is 15.0 Å².